The number of carbonyl (C=O) groups excluding carboxylic acids is 2. The number of rotatable bonds is 6. The van der Waals surface area contributed by atoms with Gasteiger partial charge in [-0.2, -0.15) is 0 Å². The molecule has 5 nitrogen and oxygen atoms in total. The quantitative estimate of drug-likeness (QED) is 0.691. The van der Waals surface area contributed by atoms with Crippen LogP contribution in [0.2, 0.25) is 0 Å². The zero-order chi connectivity index (χ0) is 14.5. The number of carbonyl (C=O) groups is 2. The molecule has 1 aliphatic carbocycles. The fourth-order valence-electron chi connectivity index (χ4n) is 2.97. The number of likely N-dealkylation sites (tertiary alicyclic amines) is 1. The highest BCUT2D eigenvalue weighted by molar-refractivity contribution is 5.81. The molecule has 1 aliphatic heterocycles. The molecule has 2 rings (SSSR count). The molecule has 1 saturated heterocycles. The van der Waals surface area contributed by atoms with Gasteiger partial charge in [-0.3, -0.25) is 14.5 Å². The average molecular weight is 282 g/mol. The zero-order valence-corrected chi connectivity index (χ0v) is 12.6. The van der Waals surface area contributed by atoms with Gasteiger partial charge in [0, 0.05) is 12.6 Å². The standard InChI is InChI=1S/C15H26N2O3/c1-3-17(12-8-9-12)14(18)11-16-10-6-5-7-13(16)15(19)20-4-2/h12-13H,3-11H2,1-2H3. The summed E-state index contributed by atoms with van der Waals surface area (Å²) in [4.78, 5) is 28.3. The molecule has 0 spiro atoms. The van der Waals surface area contributed by atoms with E-state index in [2.05, 4.69) is 0 Å². The summed E-state index contributed by atoms with van der Waals surface area (Å²) in [6.45, 7) is 6.18. The van der Waals surface area contributed by atoms with E-state index in [-0.39, 0.29) is 17.9 Å². The van der Waals surface area contributed by atoms with E-state index in [9.17, 15) is 9.59 Å². The molecule has 114 valence electrons. The summed E-state index contributed by atoms with van der Waals surface area (Å²) in [7, 11) is 0. The van der Waals surface area contributed by atoms with E-state index >= 15 is 0 Å². The van der Waals surface area contributed by atoms with Crippen molar-refractivity contribution < 1.29 is 14.3 Å². The van der Waals surface area contributed by atoms with Crippen LogP contribution in [0.4, 0.5) is 0 Å². The predicted octanol–water partition coefficient (Wildman–Crippen LogP) is 1.41. The maximum absolute atomic E-state index is 12.4. The monoisotopic (exact) mass is 282 g/mol. The van der Waals surface area contributed by atoms with Crippen LogP contribution in [0.15, 0.2) is 0 Å². The van der Waals surface area contributed by atoms with Gasteiger partial charge in [0.25, 0.3) is 0 Å². The number of amides is 1. The summed E-state index contributed by atoms with van der Waals surface area (Å²) in [6.07, 6.45) is 5.15. The highest BCUT2D eigenvalue weighted by Crippen LogP contribution is 2.27. The molecule has 2 fully saturated rings. The number of nitrogens with zero attached hydrogens (tertiary/aromatic N) is 2. The van der Waals surface area contributed by atoms with Crippen LogP contribution in [0.3, 0.4) is 0 Å². The number of hydrogen-bond acceptors (Lipinski definition) is 4. The van der Waals surface area contributed by atoms with E-state index < -0.39 is 0 Å². The van der Waals surface area contributed by atoms with Crippen LogP contribution in [-0.4, -0.2) is 60.0 Å². The van der Waals surface area contributed by atoms with Gasteiger partial charge in [0.1, 0.15) is 6.04 Å². The Morgan fingerprint density at radius 1 is 1.20 bits per heavy atom. The molecule has 2 aliphatic rings. The lowest BCUT2D eigenvalue weighted by atomic mass is 10.0. The fraction of sp³-hybridized carbons (Fsp3) is 0.867. The number of likely N-dealkylation sites (N-methyl/N-ethyl adjacent to an activating group) is 1. The zero-order valence-electron chi connectivity index (χ0n) is 12.6. The van der Waals surface area contributed by atoms with Gasteiger partial charge in [0.2, 0.25) is 5.91 Å². The van der Waals surface area contributed by atoms with Crippen LogP contribution >= 0.6 is 0 Å². The van der Waals surface area contributed by atoms with E-state index in [0.29, 0.717) is 19.2 Å². The number of ether oxygens (including phenoxy) is 1. The Balaban J connectivity index is 1.93. The Morgan fingerprint density at radius 3 is 2.55 bits per heavy atom. The molecule has 0 radical (unpaired) electrons. The molecule has 1 atom stereocenters. The number of esters is 1. The molecule has 1 heterocycles. The van der Waals surface area contributed by atoms with Gasteiger partial charge in [0.15, 0.2) is 0 Å². The Morgan fingerprint density at radius 2 is 1.95 bits per heavy atom. The molecule has 5 heteroatoms. The normalized spacial score (nSPS) is 23.4. The molecule has 0 aromatic carbocycles. The van der Waals surface area contributed by atoms with Gasteiger partial charge in [-0.15, -0.1) is 0 Å². The second-order valence-corrected chi connectivity index (χ2v) is 5.65. The Kier molecular flexibility index (Phi) is 5.40. The van der Waals surface area contributed by atoms with Crippen LogP contribution in [0.5, 0.6) is 0 Å². The molecule has 1 amide bonds. The van der Waals surface area contributed by atoms with Crippen molar-refractivity contribution in [2.24, 2.45) is 0 Å². The lowest BCUT2D eigenvalue weighted by Crippen LogP contribution is -2.50. The number of hydrogen-bond donors (Lipinski definition) is 0. The number of piperidine rings is 1. The Labute approximate surface area is 121 Å². The highest BCUT2D eigenvalue weighted by atomic mass is 16.5. The third kappa shape index (κ3) is 3.72. The van der Waals surface area contributed by atoms with Crippen molar-refractivity contribution in [1.82, 2.24) is 9.80 Å². The van der Waals surface area contributed by atoms with Crippen molar-refractivity contribution in [3.05, 3.63) is 0 Å². The summed E-state index contributed by atoms with van der Waals surface area (Å²) in [5, 5.41) is 0. The fourth-order valence-corrected chi connectivity index (χ4v) is 2.97. The van der Waals surface area contributed by atoms with Crippen molar-refractivity contribution in [1.29, 1.82) is 0 Å². The second kappa shape index (κ2) is 7.07. The van der Waals surface area contributed by atoms with Crippen LogP contribution in [0, 0.1) is 0 Å². The Bertz CT molecular complexity index is 355. The summed E-state index contributed by atoms with van der Waals surface area (Å²) < 4.78 is 5.13. The van der Waals surface area contributed by atoms with Crippen LogP contribution in [0.1, 0.15) is 46.0 Å². The minimum atomic E-state index is -0.231. The van der Waals surface area contributed by atoms with Crippen molar-refractivity contribution in [2.45, 2.75) is 58.0 Å². The van der Waals surface area contributed by atoms with Gasteiger partial charge >= 0.3 is 5.97 Å². The van der Waals surface area contributed by atoms with Crippen LogP contribution < -0.4 is 0 Å². The van der Waals surface area contributed by atoms with Crippen molar-refractivity contribution in [3.8, 4) is 0 Å². The van der Waals surface area contributed by atoms with Gasteiger partial charge < -0.3 is 9.64 Å². The first-order chi connectivity index (χ1) is 9.67. The molecule has 1 saturated carbocycles. The molecule has 0 aromatic rings. The van der Waals surface area contributed by atoms with E-state index in [1.54, 1.807) is 0 Å². The van der Waals surface area contributed by atoms with Gasteiger partial charge in [-0.1, -0.05) is 6.42 Å². The van der Waals surface area contributed by atoms with E-state index in [4.69, 9.17) is 4.74 Å². The van der Waals surface area contributed by atoms with Gasteiger partial charge in [0.05, 0.1) is 13.2 Å². The highest BCUT2D eigenvalue weighted by Gasteiger charge is 2.35. The first kappa shape index (κ1) is 15.3. The van der Waals surface area contributed by atoms with Crippen molar-refractivity contribution >= 4 is 11.9 Å². The summed E-state index contributed by atoms with van der Waals surface area (Å²) >= 11 is 0. The lowest BCUT2D eigenvalue weighted by Gasteiger charge is -2.34. The Hall–Kier alpha value is -1.10. The maximum atomic E-state index is 12.4. The predicted molar refractivity (Wildman–Crippen MR) is 76.3 cm³/mol. The summed E-state index contributed by atoms with van der Waals surface area (Å²) in [5.74, 6) is -0.0133. The molecular weight excluding hydrogens is 256 g/mol. The lowest BCUT2D eigenvalue weighted by molar-refractivity contribution is -0.152. The SMILES string of the molecule is CCOC(=O)C1CCCCN1CC(=O)N(CC)C1CC1. The molecule has 20 heavy (non-hydrogen) atoms. The largest absolute Gasteiger partial charge is 0.465 e. The average Bonchev–Trinajstić information content (AvgIpc) is 3.25. The first-order valence-electron chi connectivity index (χ1n) is 7.87. The minimum Gasteiger partial charge on any atom is -0.465 e. The summed E-state index contributed by atoms with van der Waals surface area (Å²) in [5.41, 5.74) is 0. The second-order valence-electron chi connectivity index (χ2n) is 5.65. The third-order valence-corrected chi connectivity index (χ3v) is 4.16. The van der Waals surface area contributed by atoms with E-state index in [1.165, 1.54) is 0 Å². The van der Waals surface area contributed by atoms with E-state index in [0.717, 1.165) is 45.2 Å². The van der Waals surface area contributed by atoms with E-state index in [1.807, 2.05) is 23.6 Å². The molecule has 1 unspecified atom stereocenters. The minimum absolute atomic E-state index is 0.159. The van der Waals surface area contributed by atoms with Crippen LogP contribution in [-0.2, 0) is 14.3 Å². The first-order valence-corrected chi connectivity index (χ1v) is 7.87. The van der Waals surface area contributed by atoms with Gasteiger partial charge in [-0.05, 0) is 46.1 Å². The smallest absolute Gasteiger partial charge is 0.323 e. The topological polar surface area (TPSA) is 49.9 Å². The summed E-state index contributed by atoms with van der Waals surface area (Å²) in [6, 6.07) is 0.212. The maximum Gasteiger partial charge on any atom is 0.323 e. The molecular formula is C15H26N2O3. The van der Waals surface area contributed by atoms with Gasteiger partial charge in [-0.25, -0.2) is 0 Å². The molecule has 0 aromatic heterocycles. The van der Waals surface area contributed by atoms with Crippen molar-refractivity contribution in [3.63, 3.8) is 0 Å². The third-order valence-electron chi connectivity index (χ3n) is 4.16. The molecule has 0 bridgehead atoms. The van der Waals surface area contributed by atoms with Crippen molar-refractivity contribution in [2.75, 3.05) is 26.2 Å². The van der Waals surface area contributed by atoms with Crippen LogP contribution in [0.25, 0.3) is 0 Å². The molecule has 0 N–H and O–H groups in total.